The van der Waals surface area contributed by atoms with Gasteiger partial charge in [0.15, 0.2) is 0 Å². The third kappa shape index (κ3) is 2.94. The highest BCUT2D eigenvalue weighted by Gasteiger charge is 2.36. The SMILES string of the molecule is CCCOc1ccnc(N2CCC(C(=O)O)C2C)n1. The van der Waals surface area contributed by atoms with Gasteiger partial charge in [0.1, 0.15) is 0 Å². The van der Waals surface area contributed by atoms with Crippen molar-refractivity contribution < 1.29 is 14.6 Å². The van der Waals surface area contributed by atoms with E-state index in [4.69, 9.17) is 9.84 Å². The van der Waals surface area contributed by atoms with E-state index in [0.717, 1.165) is 6.42 Å². The molecule has 0 radical (unpaired) electrons. The lowest BCUT2D eigenvalue weighted by Crippen LogP contribution is -2.34. The number of carbonyl (C=O) groups is 1. The van der Waals surface area contributed by atoms with Crippen molar-refractivity contribution in [2.75, 3.05) is 18.1 Å². The molecule has 6 nitrogen and oxygen atoms in total. The van der Waals surface area contributed by atoms with E-state index in [9.17, 15) is 4.79 Å². The van der Waals surface area contributed by atoms with Gasteiger partial charge in [-0.1, -0.05) is 6.92 Å². The molecule has 0 spiro atoms. The van der Waals surface area contributed by atoms with Gasteiger partial charge in [-0.2, -0.15) is 4.98 Å². The summed E-state index contributed by atoms with van der Waals surface area (Å²) in [5, 5.41) is 9.13. The van der Waals surface area contributed by atoms with E-state index < -0.39 is 5.97 Å². The van der Waals surface area contributed by atoms with Gasteiger partial charge in [0.05, 0.1) is 12.5 Å². The fraction of sp³-hybridized carbons (Fsp3) is 0.615. The van der Waals surface area contributed by atoms with Crippen molar-refractivity contribution in [3.8, 4) is 5.88 Å². The molecule has 1 N–H and O–H groups in total. The van der Waals surface area contributed by atoms with Crippen molar-refractivity contribution in [1.29, 1.82) is 0 Å². The molecule has 1 aliphatic heterocycles. The number of carboxylic acids is 1. The van der Waals surface area contributed by atoms with Gasteiger partial charge in [0.2, 0.25) is 11.8 Å². The van der Waals surface area contributed by atoms with Gasteiger partial charge in [-0.3, -0.25) is 4.79 Å². The number of nitrogens with zero attached hydrogens (tertiary/aromatic N) is 3. The minimum atomic E-state index is -0.756. The Kier molecular flexibility index (Phi) is 4.19. The Morgan fingerprint density at radius 3 is 3.05 bits per heavy atom. The zero-order valence-corrected chi connectivity index (χ0v) is 11.2. The Bertz CT molecular complexity index is 453. The van der Waals surface area contributed by atoms with Crippen LogP contribution in [0.3, 0.4) is 0 Å². The fourth-order valence-electron chi connectivity index (χ4n) is 2.31. The van der Waals surface area contributed by atoms with E-state index >= 15 is 0 Å². The summed E-state index contributed by atoms with van der Waals surface area (Å²) >= 11 is 0. The number of aromatic nitrogens is 2. The predicted octanol–water partition coefficient (Wildman–Crippen LogP) is 1.56. The first kappa shape index (κ1) is 13.6. The second kappa shape index (κ2) is 5.86. The van der Waals surface area contributed by atoms with E-state index in [1.807, 2.05) is 18.7 Å². The molecule has 0 aromatic carbocycles. The molecule has 1 aromatic heterocycles. The van der Waals surface area contributed by atoms with Gasteiger partial charge in [0.25, 0.3) is 0 Å². The predicted molar refractivity (Wildman–Crippen MR) is 70.4 cm³/mol. The summed E-state index contributed by atoms with van der Waals surface area (Å²) in [6.45, 7) is 5.20. The number of anilines is 1. The van der Waals surface area contributed by atoms with Crippen LogP contribution in [0.5, 0.6) is 5.88 Å². The van der Waals surface area contributed by atoms with Crippen LogP contribution >= 0.6 is 0 Å². The maximum absolute atomic E-state index is 11.1. The summed E-state index contributed by atoms with van der Waals surface area (Å²) in [5.74, 6) is -0.0279. The maximum Gasteiger partial charge on any atom is 0.308 e. The number of rotatable bonds is 5. The molecule has 0 aliphatic carbocycles. The zero-order valence-electron chi connectivity index (χ0n) is 11.2. The monoisotopic (exact) mass is 265 g/mol. The molecular weight excluding hydrogens is 246 g/mol. The summed E-state index contributed by atoms with van der Waals surface area (Å²) < 4.78 is 5.47. The topological polar surface area (TPSA) is 75.5 Å². The van der Waals surface area contributed by atoms with Gasteiger partial charge < -0.3 is 14.7 Å². The fourth-order valence-corrected chi connectivity index (χ4v) is 2.31. The van der Waals surface area contributed by atoms with Crippen molar-refractivity contribution in [2.45, 2.75) is 32.7 Å². The first-order chi connectivity index (χ1) is 9.13. The van der Waals surface area contributed by atoms with Gasteiger partial charge in [-0.15, -0.1) is 0 Å². The standard InChI is InChI=1S/C13H19N3O3/c1-3-8-19-11-4-6-14-13(15-11)16-7-5-10(9(16)2)12(17)18/h4,6,9-10H,3,5,7-8H2,1-2H3,(H,17,18). The molecule has 19 heavy (non-hydrogen) atoms. The Hall–Kier alpha value is -1.85. The molecule has 2 atom stereocenters. The molecule has 2 unspecified atom stereocenters. The Balaban J connectivity index is 2.12. The van der Waals surface area contributed by atoms with Crippen molar-refractivity contribution in [1.82, 2.24) is 9.97 Å². The minimum Gasteiger partial charge on any atom is -0.481 e. The molecule has 0 bridgehead atoms. The molecule has 1 saturated heterocycles. The van der Waals surface area contributed by atoms with Crippen molar-refractivity contribution in [2.24, 2.45) is 5.92 Å². The van der Waals surface area contributed by atoms with Crippen molar-refractivity contribution >= 4 is 11.9 Å². The Morgan fingerprint density at radius 1 is 1.63 bits per heavy atom. The first-order valence-electron chi connectivity index (χ1n) is 6.58. The number of aliphatic carboxylic acids is 1. The number of hydrogen-bond acceptors (Lipinski definition) is 5. The second-order valence-electron chi connectivity index (χ2n) is 4.71. The Morgan fingerprint density at radius 2 is 2.42 bits per heavy atom. The Labute approximate surface area is 112 Å². The molecule has 104 valence electrons. The van der Waals surface area contributed by atoms with Crippen molar-refractivity contribution in [3.05, 3.63) is 12.3 Å². The van der Waals surface area contributed by atoms with Crippen LogP contribution in [0.15, 0.2) is 12.3 Å². The molecular formula is C13H19N3O3. The van der Waals surface area contributed by atoms with Crippen LogP contribution in [-0.4, -0.2) is 40.2 Å². The van der Waals surface area contributed by atoms with Gasteiger partial charge in [-0.25, -0.2) is 4.98 Å². The lowest BCUT2D eigenvalue weighted by Gasteiger charge is -2.23. The summed E-state index contributed by atoms with van der Waals surface area (Å²) in [5.41, 5.74) is 0. The summed E-state index contributed by atoms with van der Waals surface area (Å²) in [7, 11) is 0. The van der Waals surface area contributed by atoms with Crippen LogP contribution in [0, 0.1) is 5.92 Å². The first-order valence-corrected chi connectivity index (χ1v) is 6.58. The summed E-state index contributed by atoms with van der Waals surface area (Å²) in [6.07, 6.45) is 3.19. The van der Waals surface area contributed by atoms with E-state index in [0.29, 0.717) is 31.4 Å². The molecule has 1 fully saturated rings. The summed E-state index contributed by atoms with van der Waals surface area (Å²) in [6, 6.07) is 1.62. The van der Waals surface area contributed by atoms with E-state index in [-0.39, 0.29) is 12.0 Å². The zero-order chi connectivity index (χ0) is 13.8. The molecule has 0 amide bonds. The van der Waals surface area contributed by atoms with E-state index in [1.165, 1.54) is 0 Å². The van der Waals surface area contributed by atoms with Crippen LogP contribution < -0.4 is 9.64 Å². The highest BCUT2D eigenvalue weighted by Crippen LogP contribution is 2.28. The largest absolute Gasteiger partial charge is 0.481 e. The lowest BCUT2D eigenvalue weighted by molar-refractivity contribution is -0.141. The quantitative estimate of drug-likeness (QED) is 0.870. The highest BCUT2D eigenvalue weighted by atomic mass is 16.5. The molecule has 6 heteroatoms. The third-order valence-electron chi connectivity index (χ3n) is 3.40. The highest BCUT2D eigenvalue weighted by molar-refractivity contribution is 5.72. The molecule has 2 rings (SSSR count). The van der Waals surface area contributed by atoms with E-state index in [1.54, 1.807) is 12.3 Å². The molecule has 1 aromatic rings. The van der Waals surface area contributed by atoms with Crippen LogP contribution in [0.4, 0.5) is 5.95 Å². The van der Waals surface area contributed by atoms with Crippen LogP contribution in [0.1, 0.15) is 26.7 Å². The molecule has 1 aliphatic rings. The van der Waals surface area contributed by atoms with Crippen LogP contribution in [0.25, 0.3) is 0 Å². The average molecular weight is 265 g/mol. The third-order valence-corrected chi connectivity index (χ3v) is 3.40. The maximum atomic E-state index is 11.1. The smallest absolute Gasteiger partial charge is 0.308 e. The van der Waals surface area contributed by atoms with Gasteiger partial charge >= 0.3 is 5.97 Å². The summed E-state index contributed by atoms with van der Waals surface area (Å²) in [4.78, 5) is 21.6. The minimum absolute atomic E-state index is 0.0982. The lowest BCUT2D eigenvalue weighted by atomic mass is 10.0. The number of ether oxygens (including phenoxy) is 1. The second-order valence-corrected chi connectivity index (χ2v) is 4.71. The van der Waals surface area contributed by atoms with Gasteiger partial charge in [-0.05, 0) is 19.8 Å². The van der Waals surface area contributed by atoms with Crippen LogP contribution in [-0.2, 0) is 4.79 Å². The number of hydrogen-bond donors (Lipinski definition) is 1. The normalized spacial score (nSPS) is 22.5. The van der Waals surface area contributed by atoms with Gasteiger partial charge in [0, 0.05) is 24.8 Å². The average Bonchev–Trinajstić information content (AvgIpc) is 2.78. The molecule has 2 heterocycles. The number of carboxylic acid groups (broad SMARTS) is 1. The van der Waals surface area contributed by atoms with Crippen molar-refractivity contribution in [3.63, 3.8) is 0 Å². The molecule has 0 saturated carbocycles. The van der Waals surface area contributed by atoms with Crippen LogP contribution in [0.2, 0.25) is 0 Å². The van der Waals surface area contributed by atoms with E-state index in [2.05, 4.69) is 9.97 Å².